The first-order chi connectivity index (χ1) is 12.1. The highest BCUT2D eigenvalue weighted by Crippen LogP contribution is 2.32. The maximum Gasteiger partial charge on any atom is 0.244 e. The molecule has 1 aromatic rings. The third kappa shape index (κ3) is 4.05. The number of methoxy groups -OCH3 is 1. The van der Waals surface area contributed by atoms with Crippen LogP contribution in [-0.2, 0) is 4.79 Å². The lowest BCUT2D eigenvalue weighted by molar-refractivity contribution is -0.139. The van der Waals surface area contributed by atoms with Crippen LogP contribution in [0.15, 0.2) is 18.2 Å². The summed E-state index contributed by atoms with van der Waals surface area (Å²) in [4.78, 5) is 17.3. The van der Waals surface area contributed by atoms with Gasteiger partial charge in [0, 0.05) is 39.3 Å². The molecule has 0 radical (unpaired) electrons. The molecule has 7 nitrogen and oxygen atoms in total. The van der Waals surface area contributed by atoms with Gasteiger partial charge in [0.2, 0.25) is 5.91 Å². The number of aliphatic hydroxyl groups excluding tert-OH is 1. The molecular weight excluding hydrogens is 322 g/mol. The monoisotopic (exact) mass is 349 g/mol. The Hall–Kier alpha value is -1.83. The van der Waals surface area contributed by atoms with E-state index in [-0.39, 0.29) is 17.8 Å². The maximum absolute atomic E-state index is 13.3. The van der Waals surface area contributed by atoms with Crippen molar-refractivity contribution in [2.45, 2.75) is 25.0 Å². The van der Waals surface area contributed by atoms with Gasteiger partial charge in [-0.1, -0.05) is 6.07 Å². The molecular formula is C18H27N3O4. The lowest BCUT2D eigenvalue weighted by Gasteiger charge is -2.39. The van der Waals surface area contributed by atoms with E-state index in [9.17, 15) is 15.0 Å². The molecule has 0 spiro atoms. The number of aromatic hydroxyl groups is 1. The van der Waals surface area contributed by atoms with Crippen LogP contribution in [0.25, 0.3) is 0 Å². The fourth-order valence-corrected chi connectivity index (χ4v) is 3.57. The fraction of sp³-hybridized carbons (Fsp3) is 0.611. The number of nitrogens with one attached hydrogen (secondary N) is 1. The summed E-state index contributed by atoms with van der Waals surface area (Å²) in [5, 5.41) is 22.9. The van der Waals surface area contributed by atoms with Gasteiger partial charge in [-0.25, -0.2) is 0 Å². The van der Waals surface area contributed by atoms with Crippen molar-refractivity contribution in [1.82, 2.24) is 15.1 Å². The Morgan fingerprint density at radius 3 is 2.56 bits per heavy atom. The lowest BCUT2D eigenvalue weighted by Crippen LogP contribution is -2.51. The van der Waals surface area contributed by atoms with Crippen molar-refractivity contribution in [3.05, 3.63) is 23.8 Å². The predicted octanol–water partition coefficient (Wildman–Crippen LogP) is 0.330. The van der Waals surface area contributed by atoms with Crippen LogP contribution in [0.4, 0.5) is 0 Å². The molecule has 2 fully saturated rings. The Balaban J connectivity index is 1.88. The number of ether oxygens (including phenoxy) is 1. The predicted molar refractivity (Wildman–Crippen MR) is 93.7 cm³/mol. The van der Waals surface area contributed by atoms with Crippen LogP contribution in [0, 0.1) is 0 Å². The van der Waals surface area contributed by atoms with Crippen molar-refractivity contribution in [3.8, 4) is 11.5 Å². The lowest BCUT2D eigenvalue weighted by atomic mass is 10.00. The summed E-state index contributed by atoms with van der Waals surface area (Å²) in [6.07, 6.45) is 0.938. The number of phenols is 1. The van der Waals surface area contributed by atoms with Gasteiger partial charge in [0.25, 0.3) is 0 Å². The van der Waals surface area contributed by atoms with Crippen molar-refractivity contribution in [1.29, 1.82) is 0 Å². The molecule has 1 atom stereocenters. The molecule has 3 N–H and O–H groups in total. The number of piperazine rings is 1. The molecule has 1 amide bonds. The summed E-state index contributed by atoms with van der Waals surface area (Å²) in [7, 11) is 1.51. The zero-order valence-corrected chi connectivity index (χ0v) is 14.6. The Labute approximate surface area is 148 Å². The third-order valence-corrected chi connectivity index (χ3v) is 5.05. The quantitative estimate of drug-likeness (QED) is 0.726. The van der Waals surface area contributed by atoms with Crippen LogP contribution in [0.1, 0.15) is 24.4 Å². The van der Waals surface area contributed by atoms with Gasteiger partial charge < -0.3 is 25.2 Å². The summed E-state index contributed by atoms with van der Waals surface area (Å²) in [6, 6.07) is 4.73. The minimum absolute atomic E-state index is 0.0570. The first-order valence-corrected chi connectivity index (χ1v) is 8.88. The van der Waals surface area contributed by atoms with Gasteiger partial charge in [-0.2, -0.15) is 0 Å². The number of piperidine rings is 1. The second kappa shape index (κ2) is 8.03. The number of amides is 1. The number of rotatable bonds is 4. The van der Waals surface area contributed by atoms with Gasteiger partial charge in [0.1, 0.15) is 6.04 Å². The summed E-state index contributed by atoms with van der Waals surface area (Å²) >= 11 is 0. The zero-order valence-electron chi connectivity index (χ0n) is 14.6. The highest BCUT2D eigenvalue weighted by atomic mass is 16.5. The van der Waals surface area contributed by atoms with Crippen molar-refractivity contribution >= 4 is 5.91 Å². The molecule has 25 heavy (non-hydrogen) atoms. The number of phenolic OH excluding ortho intramolecular Hbond substituents is 1. The molecule has 2 heterocycles. The first kappa shape index (κ1) is 18.0. The van der Waals surface area contributed by atoms with Gasteiger partial charge in [0.15, 0.2) is 11.5 Å². The molecule has 138 valence electrons. The van der Waals surface area contributed by atoms with E-state index in [1.54, 1.807) is 18.2 Å². The molecule has 7 heteroatoms. The molecule has 3 rings (SSSR count). The Kier molecular flexibility index (Phi) is 5.78. The Bertz CT molecular complexity index is 596. The molecule has 2 saturated heterocycles. The Morgan fingerprint density at radius 2 is 1.92 bits per heavy atom. The minimum Gasteiger partial charge on any atom is -0.504 e. The largest absolute Gasteiger partial charge is 0.504 e. The average molecular weight is 349 g/mol. The maximum atomic E-state index is 13.3. The van der Waals surface area contributed by atoms with Crippen molar-refractivity contribution < 1.29 is 19.7 Å². The van der Waals surface area contributed by atoms with Crippen LogP contribution in [-0.4, -0.2) is 78.4 Å². The third-order valence-electron chi connectivity index (χ3n) is 5.05. The number of carbonyl (C=O) groups is 1. The van der Waals surface area contributed by atoms with Crippen LogP contribution in [0.3, 0.4) is 0 Å². The molecule has 2 aliphatic heterocycles. The van der Waals surface area contributed by atoms with Gasteiger partial charge >= 0.3 is 0 Å². The first-order valence-electron chi connectivity index (χ1n) is 8.88. The van der Waals surface area contributed by atoms with Gasteiger partial charge in [-0.15, -0.1) is 0 Å². The molecule has 0 saturated carbocycles. The molecule has 0 bridgehead atoms. The minimum atomic E-state index is -0.396. The second-order valence-corrected chi connectivity index (χ2v) is 6.68. The topological polar surface area (TPSA) is 85.3 Å². The smallest absolute Gasteiger partial charge is 0.244 e. The summed E-state index contributed by atoms with van der Waals surface area (Å²) < 4.78 is 5.22. The summed E-state index contributed by atoms with van der Waals surface area (Å²) in [5.41, 5.74) is 0.827. The van der Waals surface area contributed by atoms with Gasteiger partial charge in [-0.05, 0) is 30.5 Å². The van der Waals surface area contributed by atoms with Crippen LogP contribution < -0.4 is 10.1 Å². The second-order valence-electron chi connectivity index (χ2n) is 6.68. The standard InChI is InChI=1S/C18H27N3O4/c1-25-16-12-13(2-3-15(16)23)17(20-10-6-19-7-11-20)18(24)21-8-4-14(22)5-9-21/h2-3,12,14,17,19,22-23H,4-11H2,1H3. The van der Waals surface area contributed by atoms with Crippen LogP contribution in [0.2, 0.25) is 0 Å². The molecule has 1 aromatic carbocycles. The SMILES string of the molecule is COc1cc(C(C(=O)N2CCC(O)CC2)N2CCNCC2)ccc1O. The normalized spacial score (nSPS) is 21.1. The number of nitrogens with zero attached hydrogens (tertiary/aromatic N) is 2. The van der Waals surface area contributed by atoms with E-state index in [0.29, 0.717) is 31.7 Å². The Morgan fingerprint density at radius 1 is 1.24 bits per heavy atom. The zero-order chi connectivity index (χ0) is 17.8. The van der Waals surface area contributed by atoms with E-state index in [1.807, 2.05) is 4.90 Å². The van der Waals surface area contributed by atoms with Crippen molar-refractivity contribution in [3.63, 3.8) is 0 Å². The van der Waals surface area contributed by atoms with Gasteiger partial charge in [-0.3, -0.25) is 9.69 Å². The highest BCUT2D eigenvalue weighted by Gasteiger charge is 2.34. The van der Waals surface area contributed by atoms with Crippen LogP contribution >= 0.6 is 0 Å². The molecule has 1 unspecified atom stereocenters. The number of aliphatic hydroxyl groups is 1. The number of hydrogen-bond acceptors (Lipinski definition) is 6. The van der Waals surface area contributed by atoms with Crippen molar-refractivity contribution in [2.24, 2.45) is 0 Å². The number of carbonyl (C=O) groups excluding carboxylic acids is 1. The van der Waals surface area contributed by atoms with Crippen molar-refractivity contribution in [2.75, 3.05) is 46.4 Å². The summed E-state index contributed by atoms with van der Waals surface area (Å²) in [5.74, 6) is 0.500. The van der Waals surface area contributed by atoms with E-state index in [1.165, 1.54) is 7.11 Å². The molecule has 0 aromatic heterocycles. The number of hydrogen-bond donors (Lipinski definition) is 3. The van der Waals surface area contributed by atoms with Crippen LogP contribution in [0.5, 0.6) is 11.5 Å². The van der Waals surface area contributed by atoms with E-state index >= 15 is 0 Å². The summed E-state index contributed by atoms with van der Waals surface area (Å²) in [6.45, 7) is 4.43. The number of benzene rings is 1. The van der Waals surface area contributed by atoms with Gasteiger partial charge in [0.05, 0.1) is 13.2 Å². The molecule has 0 aliphatic carbocycles. The number of likely N-dealkylation sites (tertiary alicyclic amines) is 1. The molecule has 2 aliphatic rings. The highest BCUT2D eigenvalue weighted by molar-refractivity contribution is 5.83. The van der Waals surface area contributed by atoms with E-state index in [2.05, 4.69) is 10.2 Å². The fourth-order valence-electron chi connectivity index (χ4n) is 3.57. The van der Waals surface area contributed by atoms with E-state index in [4.69, 9.17) is 4.74 Å². The van der Waals surface area contributed by atoms with E-state index < -0.39 is 6.04 Å². The van der Waals surface area contributed by atoms with E-state index in [0.717, 1.165) is 31.7 Å². The average Bonchev–Trinajstić information content (AvgIpc) is 2.64.